The van der Waals surface area contributed by atoms with Crippen molar-refractivity contribution in [1.82, 2.24) is 0 Å². The zero-order valence-corrected chi connectivity index (χ0v) is 19.4. The molecule has 0 N–H and O–H groups in total. The third kappa shape index (κ3) is 7.93. The van der Waals surface area contributed by atoms with Gasteiger partial charge in [-0.2, -0.15) is 0 Å². The minimum atomic E-state index is -1.03. The standard InChI is InChI=1S/C25H34FNO4/c1-18(16-25(14-7-15-27-25)22(29)31-23(2,3)4)8-13-21(28)30-24(5,6)17-19-9-11-20(26)12-10-19/h7,9-12,14-15,18H,8,13,16-17H2,1-6H3. The Morgan fingerprint density at radius 3 is 2.29 bits per heavy atom. The molecule has 5 nitrogen and oxygen atoms in total. The van der Waals surface area contributed by atoms with Crippen LogP contribution in [0.2, 0.25) is 0 Å². The van der Waals surface area contributed by atoms with Crippen LogP contribution in [0.4, 0.5) is 4.39 Å². The van der Waals surface area contributed by atoms with E-state index in [2.05, 4.69) is 4.99 Å². The van der Waals surface area contributed by atoms with Gasteiger partial charge in [0.15, 0.2) is 5.54 Å². The minimum absolute atomic E-state index is 0.0557. The van der Waals surface area contributed by atoms with E-state index in [1.807, 2.05) is 41.5 Å². The van der Waals surface area contributed by atoms with Gasteiger partial charge in [-0.1, -0.05) is 19.1 Å². The van der Waals surface area contributed by atoms with Gasteiger partial charge in [0, 0.05) is 19.1 Å². The predicted octanol–water partition coefficient (Wildman–Crippen LogP) is 5.22. The summed E-state index contributed by atoms with van der Waals surface area (Å²) in [5, 5.41) is 0. The number of carbonyl (C=O) groups excluding carboxylic acids is 2. The van der Waals surface area contributed by atoms with Crippen LogP contribution >= 0.6 is 0 Å². The molecule has 1 aromatic rings. The molecule has 0 aliphatic carbocycles. The first-order valence-electron chi connectivity index (χ1n) is 10.7. The molecule has 6 heteroatoms. The molecule has 0 spiro atoms. The van der Waals surface area contributed by atoms with E-state index >= 15 is 0 Å². The fourth-order valence-electron chi connectivity index (χ4n) is 3.60. The van der Waals surface area contributed by atoms with E-state index < -0.39 is 16.7 Å². The van der Waals surface area contributed by atoms with Gasteiger partial charge in [0.2, 0.25) is 0 Å². The summed E-state index contributed by atoms with van der Waals surface area (Å²) in [6.45, 7) is 11.2. The Kier molecular flexibility index (Phi) is 7.79. The van der Waals surface area contributed by atoms with E-state index in [1.54, 1.807) is 30.5 Å². The lowest BCUT2D eigenvalue weighted by molar-refractivity contribution is -0.160. The van der Waals surface area contributed by atoms with Crippen LogP contribution in [0.25, 0.3) is 0 Å². The molecule has 1 aliphatic rings. The number of rotatable bonds is 9. The number of hydrogen-bond acceptors (Lipinski definition) is 5. The molecule has 0 amide bonds. The number of ether oxygens (including phenoxy) is 2. The molecule has 31 heavy (non-hydrogen) atoms. The first-order chi connectivity index (χ1) is 14.3. The van der Waals surface area contributed by atoms with Crippen molar-refractivity contribution >= 4 is 18.2 Å². The molecule has 2 rings (SSSR count). The molecule has 2 atom stereocenters. The first-order valence-corrected chi connectivity index (χ1v) is 10.7. The molecule has 170 valence electrons. The van der Waals surface area contributed by atoms with Crippen LogP contribution in [-0.4, -0.2) is 34.9 Å². The van der Waals surface area contributed by atoms with Crippen molar-refractivity contribution < 1.29 is 23.5 Å². The fraction of sp³-hybridized carbons (Fsp3) is 0.560. The molecule has 0 saturated carbocycles. The number of halogens is 1. The quantitative estimate of drug-likeness (QED) is 0.503. The topological polar surface area (TPSA) is 65.0 Å². The Bertz CT molecular complexity index is 822. The summed E-state index contributed by atoms with van der Waals surface area (Å²) in [6, 6.07) is 6.18. The second-order valence-electron chi connectivity index (χ2n) is 9.95. The zero-order valence-electron chi connectivity index (χ0n) is 19.4. The minimum Gasteiger partial charge on any atom is -0.459 e. The Hall–Kier alpha value is -2.50. The molecule has 1 heterocycles. The highest BCUT2D eigenvalue weighted by atomic mass is 19.1. The molecule has 0 saturated heterocycles. The normalized spacial score (nSPS) is 19.3. The number of allylic oxidation sites excluding steroid dienone is 1. The van der Waals surface area contributed by atoms with E-state index in [4.69, 9.17) is 9.47 Å². The van der Waals surface area contributed by atoms with Crippen molar-refractivity contribution in [3.8, 4) is 0 Å². The van der Waals surface area contributed by atoms with Crippen LogP contribution in [0.5, 0.6) is 0 Å². The molecular formula is C25H34FNO4. The summed E-state index contributed by atoms with van der Waals surface area (Å²) in [4.78, 5) is 29.5. The van der Waals surface area contributed by atoms with Crippen LogP contribution in [-0.2, 0) is 25.5 Å². The third-order valence-electron chi connectivity index (χ3n) is 4.95. The van der Waals surface area contributed by atoms with Crippen LogP contribution in [0, 0.1) is 11.7 Å². The predicted molar refractivity (Wildman–Crippen MR) is 119 cm³/mol. The van der Waals surface area contributed by atoms with E-state index in [9.17, 15) is 14.0 Å². The summed E-state index contributed by atoms with van der Waals surface area (Å²) in [6.07, 6.45) is 6.90. The lowest BCUT2D eigenvalue weighted by Crippen LogP contribution is -2.41. The lowest BCUT2D eigenvalue weighted by Gasteiger charge is -2.30. The summed E-state index contributed by atoms with van der Waals surface area (Å²) >= 11 is 0. The van der Waals surface area contributed by atoms with Crippen LogP contribution < -0.4 is 0 Å². The monoisotopic (exact) mass is 431 g/mol. The number of nitrogens with zero attached hydrogens (tertiary/aromatic N) is 1. The average molecular weight is 432 g/mol. The van der Waals surface area contributed by atoms with Crippen molar-refractivity contribution in [2.75, 3.05) is 0 Å². The van der Waals surface area contributed by atoms with Gasteiger partial charge in [-0.3, -0.25) is 9.79 Å². The Balaban J connectivity index is 1.87. The van der Waals surface area contributed by atoms with Gasteiger partial charge in [-0.25, -0.2) is 9.18 Å². The van der Waals surface area contributed by atoms with Gasteiger partial charge in [0.05, 0.1) is 0 Å². The number of aliphatic imine (C=N–C) groups is 1. The van der Waals surface area contributed by atoms with Gasteiger partial charge >= 0.3 is 11.9 Å². The summed E-state index contributed by atoms with van der Waals surface area (Å²) < 4.78 is 24.3. The Morgan fingerprint density at radius 2 is 1.74 bits per heavy atom. The third-order valence-corrected chi connectivity index (χ3v) is 4.95. The van der Waals surface area contributed by atoms with E-state index in [0.717, 1.165) is 5.56 Å². The van der Waals surface area contributed by atoms with Gasteiger partial charge in [0.1, 0.15) is 17.0 Å². The lowest BCUT2D eigenvalue weighted by atomic mass is 9.86. The Morgan fingerprint density at radius 1 is 1.10 bits per heavy atom. The Labute approximate surface area is 184 Å². The van der Waals surface area contributed by atoms with Gasteiger partial charge in [0.25, 0.3) is 0 Å². The molecule has 2 unspecified atom stereocenters. The van der Waals surface area contributed by atoms with Crippen molar-refractivity contribution in [3.63, 3.8) is 0 Å². The smallest absolute Gasteiger partial charge is 0.338 e. The summed E-state index contributed by atoms with van der Waals surface area (Å²) in [5.74, 6) is -0.908. The highest BCUT2D eigenvalue weighted by molar-refractivity contribution is 5.91. The molecule has 0 fully saturated rings. The fourth-order valence-corrected chi connectivity index (χ4v) is 3.60. The second-order valence-corrected chi connectivity index (χ2v) is 9.95. The highest BCUT2D eigenvalue weighted by Gasteiger charge is 2.41. The molecule has 0 bridgehead atoms. The maximum Gasteiger partial charge on any atom is 0.338 e. The van der Waals surface area contributed by atoms with Crippen LogP contribution in [0.3, 0.4) is 0 Å². The maximum atomic E-state index is 13.1. The summed E-state index contributed by atoms with van der Waals surface area (Å²) in [7, 11) is 0. The summed E-state index contributed by atoms with van der Waals surface area (Å²) in [5.41, 5.74) is -1.43. The molecular weight excluding hydrogens is 397 g/mol. The average Bonchev–Trinajstić information content (AvgIpc) is 3.10. The molecule has 0 aromatic heterocycles. The van der Waals surface area contributed by atoms with Crippen LogP contribution in [0.1, 0.15) is 66.4 Å². The van der Waals surface area contributed by atoms with E-state index in [-0.39, 0.29) is 30.1 Å². The number of hydrogen-bond donors (Lipinski definition) is 0. The second kappa shape index (κ2) is 9.75. The molecule has 0 radical (unpaired) electrons. The molecule has 1 aliphatic heterocycles. The van der Waals surface area contributed by atoms with Crippen molar-refractivity contribution in [3.05, 3.63) is 47.8 Å². The number of esters is 2. The van der Waals surface area contributed by atoms with Crippen molar-refractivity contribution in [1.29, 1.82) is 0 Å². The van der Waals surface area contributed by atoms with Gasteiger partial charge < -0.3 is 9.47 Å². The van der Waals surface area contributed by atoms with Crippen molar-refractivity contribution in [2.24, 2.45) is 10.9 Å². The van der Waals surface area contributed by atoms with Gasteiger partial charge in [-0.05, 0) is 83.2 Å². The maximum absolute atomic E-state index is 13.1. The van der Waals surface area contributed by atoms with Crippen molar-refractivity contribution in [2.45, 2.75) is 84.0 Å². The zero-order chi connectivity index (χ0) is 23.3. The van der Waals surface area contributed by atoms with Crippen LogP contribution in [0.15, 0.2) is 41.4 Å². The number of benzene rings is 1. The van der Waals surface area contributed by atoms with E-state index in [1.165, 1.54) is 12.1 Å². The van der Waals surface area contributed by atoms with E-state index in [0.29, 0.717) is 19.3 Å². The van der Waals surface area contributed by atoms with Gasteiger partial charge in [-0.15, -0.1) is 0 Å². The largest absolute Gasteiger partial charge is 0.459 e. The first kappa shape index (κ1) is 24.8. The molecule has 1 aromatic carbocycles. The highest BCUT2D eigenvalue weighted by Crippen LogP contribution is 2.31. The SMILES string of the molecule is CC(CCC(=O)OC(C)(C)Cc1ccc(F)cc1)CC1(C(=O)OC(C)(C)C)C=CC=N1. The number of carbonyl (C=O) groups is 2.